The summed E-state index contributed by atoms with van der Waals surface area (Å²) >= 11 is 0. The Hall–Kier alpha value is -1.51. The molecular weight excluding hydrogens is 224 g/mol. The molecule has 1 fully saturated rings. The third-order valence-corrected chi connectivity index (χ3v) is 3.81. The van der Waals surface area contributed by atoms with Gasteiger partial charge in [0, 0.05) is 18.7 Å². The van der Waals surface area contributed by atoms with Crippen molar-refractivity contribution in [1.82, 2.24) is 5.32 Å². The first kappa shape index (κ1) is 12.9. The molecule has 0 heterocycles. The number of hydrogen-bond donors (Lipinski definition) is 2. The normalized spacial score (nSPS) is 16.9. The van der Waals surface area contributed by atoms with Gasteiger partial charge in [0.15, 0.2) is 0 Å². The lowest BCUT2D eigenvalue weighted by atomic mass is 9.85. The molecule has 3 N–H and O–H groups in total. The molecule has 1 aromatic carbocycles. The number of anilines is 1. The van der Waals surface area contributed by atoms with Gasteiger partial charge in [-0.15, -0.1) is 0 Å². The number of hydrogen-bond acceptors (Lipinski definition) is 2. The van der Waals surface area contributed by atoms with E-state index in [-0.39, 0.29) is 11.8 Å². The summed E-state index contributed by atoms with van der Waals surface area (Å²) in [6.45, 7) is 2.93. The topological polar surface area (TPSA) is 55.1 Å². The van der Waals surface area contributed by atoms with E-state index in [0.29, 0.717) is 6.42 Å². The minimum absolute atomic E-state index is 0.159. The van der Waals surface area contributed by atoms with E-state index < -0.39 is 0 Å². The van der Waals surface area contributed by atoms with Gasteiger partial charge in [0.1, 0.15) is 0 Å². The van der Waals surface area contributed by atoms with Gasteiger partial charge in [-0.3, -0.25) is 4.79 Å². The molecule has 0 aliphatic heterocycles. The van der Waals surface area contributed by atoms with Gasteiger partial charge in [0.2, 0.25) is 5.91 Å². The molecule has 18 heavy (non-hydrogen) atoms. The Balaban J connectivity index is 1.76. The third kappa shape index (κ3) is 3.49. The molecule has 2 rings (SSSR count). The highest BCUT2D eigenvalue weighted by Crippen LogP contribution is 2.25. The molecule has 3 nitrogen and oxygen atoms in total. The number of nitrogens with one attached hydrogen (secondary N) is 1. The fraction of sp³-hybridized carbons (Fsp3) is 0.533. The lowest BCUT2D eigenvalue weighted by molar-refractivity contribution is -0.121. The van der Waals surface area contributed by atoms with E-state index in [0.717, 1.165) is 18.2 Å². The number of rotatable bonds is 5. The summed E-state index contributed by atoms with van der Waals surface area (Å²) in [6.07, 6.45) is 4.42. The Morgan fingerprint density at radius 3 is 2.61 bits per heavy atom. The van der Waals surface area contributed by atoms with Crippen molar-refractivity contribution in [3.05, 3.63) is 29.8 Å². The summed E-state index contributed by atoms with van der Waals surface area (Å²) in [6, 6.07) is 7.77. The molecule has 1 aromatic rings. The highest BCUT2D eigenvalue weighted by Gasteiger charge is 2.18. The summed E-state index contributed by atoms with van der Waals surface area (Å²) in [5.41, 5.74) is 7.59. The molecule has 0 bridgehead atoms. The molecule has 98 valence electrons. The van der Waals surface area contributed by atoms with Crippen molar-refractivity contribution in [3.8, 4) is 0 Å². The zero-order valence-corrected chi connectivity index (χ0v) is 11.0. The van der Waals surface area contributed by atoms with Crippen LogP contribution in [-0.4, -0.2) is 12.5 Å². The van der Waals surface area contributed by atoms with Crippen LogP contribution in [0.2, 0.25) is 0 Å². The summed E-state index contributed by atoms with van der Waals surface area (Å²) in [5, 5.41) is 3.03. The highest BCUT2D eigenvalue weighted by atomic mass is 16.1. The van der Waals surface area contributed by atoms with Crippen LogP contribution in [0.4, 0.5) is 5.69 Å². The smallest absolute Gasteiger partial charge is 0.220 e. The van der Waals surface area contributed by atoms with E-state index in [9.17, 15) is 4.79 Å². The summed E-state index contributed by atoms with van der Waals surface area (Å²) in [5.74, 6) is 1.12. The van der Waals surface area contributed by atoms with Gasteiger partial charge >= 0.3 is 0 Å². The van der Waals surface area contributed by atoms with Gasteiger partial charge in [-0.2, -0.15) is 0 Å². The van der Waals surface area contributed by atoms with Gasteiger partial charge in [-0.05, 0) is 42.4 Å². The second kappa shape index (κ2) is 5.89. The minimum Gasteiger partial charge on any atom is -0.399 e. The van der Waals surface area contributed by atoms with E-state index in [1.54, 1.807) is 0 Å². The number of nitrogen functional groups attached to an aromatic ring is 1. The van der Waals surface area contributed by atoms with Crippen LogP contribution >= 0.6 is 0 Å². The molecule has 0 aromatic heterocycles. The first-order chi connectivity index (χ1) is 8.65. The highest BCUT2D eigenvalue weighted by molar-refractivity contribution is 5.76. The van der Waals surface area contributed by atoms with Crippen LogP contribution in [0, 0.1) is 5.92 Å². The summed E-state index contributed by atoms with van der Waals surface area (Å²) < 4.78 is 0. The van der Waals surface area contributed by atoms with Gasteiger partial charge < -0.3 is 11.1 Å². The molecular formula is C15H22N2O. The summed E-state index contributed by atoms with van der Waals surface area (Å²) in [7, 11) is 0. The average molecular weight is 246 g/mol. The summed E-state index contributed by atoms with van der Waals surface area (Å²) in [4.78, 5) is 11.8. The lowest BCUT2D eigenvalue weighted by Gasteiger charge is -2.25. The van der Waals surface area contributed by atoms with Crippen LogP contribution in [0.1, 0.15) is 44.1 Å². The molecule has 0 saturated heterocycles. The van der Waals surface area contributed by atoms with Crippen LogP contribution in [0.25, 0.3) is 0 Å². The molecule has 1 atom stereocenters. The molecule has 1 saturated carbocycles. The predicted molar refractivity (Wildman–Crippen MR) is 74.2 cm³/mol. The van der Waals surface area contributed by atoms with E-state index in [1.807, 2.05) is 24.3 Å². The molecule has 0 radical (unpaired) electrons. The van der Waals surface area contributed by atoms with Gasteiger partial charge in [0.25, 0.3) is 0 Å². The van der Waals surface area contributed by atoms with Crippen LogP contribution in [0.15, 0.2) is 24.3 Å². The Kier molecular flexibility index (Phi) is 4.24. The molecule has 1 amide bonds. The van der Waals surface area contributed by atoms with Crippen molar-refractivity contribution < 1.29 is 4.79 Å². The first-order valence-corrected chi connectivity index (χ1v) is 6.77. The van der Waals surface area contributed by atoms with E-state index in [2.05, 4.69) is 12.2 Å². The fourth-order valence-corrected chi connectivity index (χ4v) is 2.25. The number of carbonyl (C=O) groups excluding carboxylic acids is 1. The van der Waals surface area contributed by atoms with Crippen molar-refractivity contribution in [3.63, 3.8) is 0 Å². The maximum atomic E-state index is 11.8. The van der Waals surface area contributed by atoms with Crippen LogP contribution in [0.5, 0.6) is 0 Å². The molecule has 1 aliphatic rings. The minimum atomic E-state index is 0.159. The van der Waals surface area contributed by atoms with Gasteiger partial charge in [0.05, 0.1) is 0 Å². The second-order valence-corrected chi connectivity index (χ2v) is 5.37. The van der Waals surface area contributed by atoms with Crippen LogP contribution < -0.4 is 11.1 Å². The quantitative estimate of drug-likeness (QED) is 0.785. The zero-order chi connectivity index (χ0) is 13.0. The monoisotopic (exact) mass is 246 g/mol. The fourth-order valence-electron chi connectivity index (χ4n) is 2.25. The zero-order valence-electron chi connectivity index (χ0n) is 11.0. The van der Waals surface area contributed by atoms with Crippen molar-refractivity contribution in [2.75, 3.05) is 12.3 Å². The van der Waals surface area contributed by atoms with E-state index >= 15 is 0 Å². The predicted octanol–water partition coefficient (Wildman–Crippen LogP) is 2.68. The van der Waals surface area contributed by atoms with Crippen molar-refractivity contribution in [2.24, 2.45) is 5.92 Å². The Bertz CT molecular complexity index is 395. The molecule has 1 aliphatic carbocycles. The average Bonchev–Trinajstić information content (AvgIpc) is 2.27. The first-order valence-electron chi connectivity index (χ1n) is 6.77. The Labute approximate surface area is 109 Å². The van der Waals surface area contributed by atoms with Crippen molar-refractivity contribution >= 4 is 11.6 Å². The molecule has 3 heteroatoms. The Morgan fingerprint density at radius 1 is 1.39 bits per heavy atom. The van der Waals surface area contributed by atoms with Gasteiger partial charge in [-0.25, -0.2) is 0 Å². The maximum absolute atomic E-state index is 11.8. The third-order valence-electron chi connectivity index (χ3n) is 3.81. The number of carbonyl (C=O) groups is 1. The number of nitrogens with two attached hydrogens (primary N) is 1. The number of amides is 1. The van der Waals surface area contributed by atoms with Crippen LogP contribution in [-0.2, 0) is 4.79 Å². The van der Waals surface area contributed by atoms with Gasteiger partial charge in [-0.1, -0.05) is 25.5 Å². The molecule has 1 unspecified atom stereocenters. The van der Waals surface area contributed by atoms with E-state index in [4.69, 9.17) is 5.73 Å². The van der Waals surface area contributed by atoms with Crippen molar-refractivity contribution in [1.29, 1.82) is 0 Å². The van der Waals surface area contributed by atoms with E-state index in [1.165, 1.54) is 24.8 Å². The maximum Gasteiger partial charge on any atom is 0.220 e. The van der Waals surface area contributed by atoms with Crippen molar-refractivity contribution in [2.45, 2.75) is 38.5 Å². The molecule has 0 spiro atoms. The standard InChI is InChI=1S/C15H22N2O/c1-11(13-5-7-14(16)8-6-13)9-15(18)17-10-12-3-2-4-12/h5-8,11-12H,2-4,9-10,16H2,1H3,(H,17,18). The Morgan fingerprint density at radius 2 is 2.06 bits per heavy atom. The SMILES string of the molecule is CC(CC(=O)NCC1CCC1)c1ccc(N)cc1. The lowest BCUT2D eigenvalue weighted by Crippen LogP contribution is -2.32. The number of benzene rings is 1. The van der Waals surface area contributed by atoms with Crippen LogP contribution in [0.3, 0.4) is 0 Å². The largest absolute Gasteiger partial charge is 0.399 e. The second-order valence-electron chi connectivity index (χ2n) is 5.37.